The Morgan fingerprint density at radius 1 is 0.945 bits per heavy atom. The summed E-state index contributed by atoms with van der Waals surface area (Å²) >= 11 is 1.57. The van der Waals surface area contributed by atoms with E-state index >= 15 is 0 Å². The van der Waals surface area contributed by atoms with Crippen LogP contribution in [-0.2, 0) is 65.9 Å². The predicted octanol–water partition coefficient (Wildman–Crippen LogP) is 5.34. The molecule has 7 atom stereocenters. The van der Waals surface area contributed by atoms with Gasteiger partial charge >= 0.3 is 0 Å². The van der Waals surface area contributed by atoms with Crippen LogP contribution in [-0.4, -0.2) is 99.4 Å². The second kappa shape index (κ2) is 23.2. The zero-order valence-electron chi connectivity index (χ0n) is 42.5. The summed E-state index contributed by atoms with van der Waals surface area (Å²) in [6, 6.07) is 18.0. The normalized spacial score (nSPS) is 21.0. The van der Waals surface area contributed by atoms with E-state index in [1.54, 1.807) is 16.2 Å². The molecule has 8 N–H and O–H groups in total. The number of rotatable bonds is 20. The number of β-amino-alcohol motifs (C(OH)–C–C–N with tert-alkyl or cyclic N) is 1. The Morgan fingerprint density at radius 3 is 2.29 bits per heavy atom. The van der Waals surface area contributed by atoms with Crippen molar-refractivity contribution in [3.8, 4) is 10.4 Å². The second-order valence-electron chi connectivity index (χ2n) is 21.4. The standard InChI is InChI=1S/C55H70N8O8S.ClH/c1-32-47(72-31-59-32)38-17-15-35(16-18-38)28-58-49(66)43-27-40(64)29-62(43)52(69)48(54(3,4)5)61-53(70)55(24-25-55)23-7-8-34-11-13-36(14-12-34)30-71-33(2)42(21-22-45(57)65)60-50(67)44-26-39-10-6-9-37-19-20-41(56)51(68)63(44)46(37)39;/h6,9-18,31,33,40-44,48,64H,7-8,19-30,56H2,1-5H3,(H2,57,65)(H,58,66)(H,60,67)(H,61,70);1H/t33-,40-,41+,42+,43+,44+,48-;/m1./s1. The highest BCUT2D eigenvalue weighted by molar-refractivity contribution is 7.13. The molecule has 392 valence electrons. The van der Waals surface area contributed by atoms with E-state index < -0.39 is 59.2 Å². The van der Waals surface area contributed by atoms with Gasteiger partial charge in [0.15, 0.2) is 0 Å². The van der Waals surface area contributed by atoms with Crippen molar-refractivity contribution in [3.63, 3.8) is 0 Å². The molecule has 1 aromatic heterocycles. The number of hydrogen-bond donors (Lipinski definition) is 6. The van der Waals surface area contributed by atoms with Gasteiger partial charge in [-0.05, 0) is 104 Å². The van der Waals surface area contributed by atoms with Crippen molar-refractivity contribution < 1.29 is 38.6 Å². The summed E-state index contributed by atoms with van der Waals surface area (Å²) in [7, 11) is 0. The van der Waals surface area contributed by atoms with E-state index in [0.717, 1.165) is 75.3 Å². The topological polar surface area (TPSA) is 239 Å². The Bertz CT molecular complexity index is 2650. The quantitative estimate of drug-likeness (QED) is 0.0665. The third kappa shape index (κ3) is 12.8. The highest BCUT2D eigenvalue weighted by Crippen LogP contribution is 2.50. The number of nitrogens with two attached hydrogens (primary N) is 2. The van der Waals surface area contributed by atoms with Crippen LogP contribution in [0.2, 0.25) is 0 Å². The summed E-state index contributed by atoms with van der Waals surface area (Å²) in [5.41, 5.74) is 20.0. The van der Waals surface area contributed by atoms with Crippen molar-refractivity contribution in [1.29, 1.82) is 0 Å². The number of anilines is 1. The number of aryl methyl sites for hydroxylation is 3. The number of ether oxygens (including phenoxy) is 1. The number of benzene rings is 3. The SMILES string of the molecule is Cc1ncsc1-c1ccc(CNC(=O)[C@@H]2C[C@@H](O)CN2C(=O)[C@@H](NC(=O)C2(CCCc3ccc(CO[C@H](C)[C@H](CCC(N)=O)NC(=O)[C@@H]4Cc5cccc6c5N4C(=O)[C@@H](N)CC6)cc3)CC2)C(C)(C)C)cc1.Cl. The molecule has 8 rings (SSSR count). The van der Waals surface area contributed by atoms with Gasteiger partial charge in [0.05, 0.1) is 52.7 Å². The van der Waals surface area contributed by atoms with Crippen LogP contribution < -0.4 is 32.3 Å². The molecule has 1 saturated heterocycles. The first-order chi connectivity index (χ1) is 34.3. The minimum absolute atomic E-state index is 0. The van der Waals surface area contributed by atoms with Gasteiger partial charge in [-0.2, -0.15) is 0 Å². The van der Waals surface area contributed by atoms with Crippen molar-refractivity contribution in [3.05, 3.63) is 106 Å². The molecule has 0 bridgehead atoms. The maximum Gasteiger partial charge on any atom is 0.246 e. The van der Waals surface area contributed by atoms with E-state index in [1.165, 1.54) is 4.90 Å². The van der Waals surface area contributed by atoms with Crippen LogP contribution in [0.1, 0.15) is 113 Å². The molecule has 1 saturated carbocycles. The van der Waals surface area contributed by atoms with Gasteiger partial charge in [0.2, 0.25) is 35.4 Å². The molecule has 1 aliphatic carbocycles. The zero-order chi connectivity index (χ0) is 51.5. The third-order valence-electron chi connectivity index (χ3n) is 15.0. The third-order valence-corrected chi connectivity index (χ3v) is 16.0. The fraction of sp³-hybridized carbons (Fsp3) is 0.509. The predicted molar refractivity (Wildman–Crippen MR) is 282 cm³/mol. The van der Waals surface area contributed by atoms with Crippen LogP contribution in [0, 0.1) is 17.8 Å². The molecule has 0 radical (unpaired) electrons. The minimum atomic E-state index is -0.906. The molecule has 4 aromatic rings. The summed E-state index contributed by atoms with van der Waals surface area (Å²) in [6.45, 7) is 10.0. The molecule has 4 heterocycles. The molecule has 4 aliphatic rings. The summed E-state index contributed by atoms with van der Waals surface area (Å²) in [5, 5.41) is 19.9. The largest absolute Gasteiger partial charge is 0.391 e. The van der Waals surface area contributed by atoms with Crippen LogP contribution in [0.15, 0.2) is 72.2 Å². The van der Waals surface area contributed by atoms with Crippen molar-refractivity contribution in [1.82, 2.24) is 25.8 Å². The Kier molecular flexibility index (Phi) is 17.5. The summed E-state index contributed by atoms with van der Waals surface area (Å²) < 4.78 is 6.29. The molecule has 0 unspecified atom stereocenters. The highest BCUT2D eigenvalue weighted by atomic mass is 35.5. The lowest BCUT2D eigenvalue weighted by atomic mass is 9.84. The van der Waals surface area contributed by atoms with E-state index in [-0.39, 0.29) is 80.9 Å². The first-order valence-electron chi connectivity index (χ1n) is 25.4. The number of aliphatic hydroxyl groups excluding tert-OH is 1. The van der Waals surface area contributed by atoms with Gasteiger partial charge in [0.1, 0.15) is 18.1 Å². The Labute approximate surface area is 438 Å². The monoisotopic (exact) mass is 1040 g/mol. The van der Waals surface area contributed by atoms with E-state index in [4.69, 9.17) is 16.2 Å². The number of amides is 6. The number of aliphatic hydroxyl groups is 1. The van der Waals surface area contributed by atoms with Gasteiger partial charge in [-0.3, -0.25) is 33.7 Å². The number of likely N-dealkylation sites (tertiary alicyclic amines) is 1. The smallest absolute Gasteiger partial charge is 0.246 e. The number of para-hydroxylation sites is 1. The summed E-state index contributed by atoms with van der Waals surface area (Å²) in [6.07, 6.45) is 4.17. The Balaban J connectivity index is 0.00000780. The fourth-order valence-corrected chi connectivity index (χ4v) is 11.3. The molecule has 6 amide bonds. The average molecular weight is 1040 g/mol. The first kappa shape index (κ1) is 55.0. The lowest BCUT2D eigenvalue weighted by molar-refractivity contribution is -0.144. The van der Waals surface area contributed by atoms with Gasteiger partial charge in [-0.1, -0.05) is 87.5 Å². The molecule has 73 heavy (non-hydrogen) atoms. The maximum absolute atomic E-state index is 14.3. The number of nitrogens with zero attached hydrogens (tertiary/aromatic N) is 3. The number of carbonyl (C=O) groups is 6. The van der Waals surface area contributed by atoms with E-state index in [9.17, 15) is 33.9 Å². The number of primary amides is 1. The van der Waals surface area contributed by atoms with E-state index in [0.29, 0.717) is 25.7 Å². The fourth-order valence-electron chi connectivity index (χ4n) is 10.4. The van der Waals surface area contributed by atoms with Gasteiger partial charge in [0, 0.05) is 37.8 Å². The van der Waals surface area contributed by atoms with Crippen molar-refractivity contribution in [2.24, 2.45) is 22.3 Å². The van der Waals surface area contributed by atoms with Gasteiger partial charge in [0.25, 0.3) is 0 Å². The average Bonchev–Trinajstić information content (AvgIpc) is 3.65. The highest BCUT2D eigenvalue weighted by Gasteiger charge is 2.52. The zero-order valence-corrected chi connectivity index (χ0v) is 44.1. The number of aromatic nitrogens is 1. The molecule has 18 heteroatoms. The van der Waals surface area contributed by atoms with Crippen LogP contribution in [0.4, 0.5) is 5.69 Å². The molecule has 3 aliphatic heterocycles. The number of carbonyl (C=O) groups excluding carboxylic acids is 6. The van der Waals surface area contributed by atoms with Crippen LogP contribution in [0.5, 0.6) is 0 Å². The molecular weight excluding hydrogens is 968 g/mol. The maximum atomic E-state index is 14.3. The van der Waals surface area contributed by atoms with E-state index in [2.05, 4.69) is 20.9 Å². The van der Waals surface area contributed by atoms with Crippen molar-refractivity contribution in [2.45, 2.75) is 161 Å². The molecule has 2 fully saturated rings. The van der Waals surface area contributed by atoms with Crippen molar-refractivity contribution in [2.75, 3.05) is 11.4 Å². The lowest BCUT2D eigenvalue weighted by Gasteiger charge is -2.36. The number of thiazole rings is 1. The van der Waals surface area contributed by atoms with Crippen LogP contribution in [0.25, 0.3) is 10.4 Å². The summed E-state index contributed by atoms with van der Waals surface area (Å²) in [5.74, 6) is -2.00. The van der Waals surface area contributed by atoms with Gasteiger partial charge < -0.3 is 42.2 Å². The Hall–Kier alpha value is -5.72. The summed E-state index contributed by atoms with van der Waals surface area (Å²) in [4.78, 5) is 89.7. The van der Waals surface area contributed by atoms with Gasteiger partial charge in [-0.15, -0.1) is 23.7 Å². The molecule has 16 nitrogen and oxygen atoms in total. The molecule has 0 spiro atoms. The number of halogens is 1. The number of hydrogen-bond acceptors (Lipinski definition) is 11. The molecular formula is C55H71ClN8O8S. The molecule has 3 aromatic carbocycles. The lowest BCUT2D eigenvalue weighted by Crippen LogP contribution is -2.58. The van der Waals surface area contributed by atoms with Crippen LogP contribution >= 0.6 is 23.7 Å². The number of nitrogens with one attached hydrogen (secondary N) is 3. The first-order valence-corrected chi connectivity index (χ1v) is 26.2. The van der Waals surface area contributed by atoms with E-state index in [1.807, 2.05) is 107 Å². The second-order valence-corrected chi connectivity index (χ2v) is 22.3. The van der Waals surface area contributed by atoms with Crippen LogP contribution in [0.3, 0.4) is 0 Å². The minimum Gasteiger partial charge on any atom is -0.391 e. The Morgan fingerprint density at radius 2 is 1.63 bits per heavy atom. The van der Waals surface area contributed by atoms with Gasteiger partial charge in [-0.25, -0.2) is 4.98 Å². The van der Waals surface area contributed by atoms with Crippen molar-refractivity contribution >= 4 is 64.9 Å².